The van der Waals surface area contributed by atoms with Crippen LogP contribution in [0.1, 0.15) is 22.0 Å². The summed E-state index contributed by atoms with van der Waals surface area (Å²) in [5, 5.41) is 3.30. The van der Waals surface area contributed by atoms with Crippen LogP contribution in [0.3, 0.4) is 0 Å². The van der Waals surface area contributed by atoms with Crippen molar-refractivity contribution in [3.63, 3.8) is 0 Å². The van der Waals surface area contributed by atoms with Crippen molar-refractivity contribution in [2.75, 3.05) is 13.1 Å². The number of halogens is 2. The van der Waals surface area contributed by atoms with Gasteiger partial charge < -0.3 is 10.2 Å². The molecule has 118 valence electrons. The molecule has 1 heterocycles. The highest BCUT2D eigenvalue weighted by atomic mass is 35.5. The fourth-order valence-electron chi connectivity index (χ4n) is 2.65. The molecule has 1 saturated heterocycles. The molecular weight excluding hydrogens is 319 g/mol. The molecule has 23 heavy (non-hydrogen) atoms. The minimum atomic E-state index is -0.753. The molecule has 1 unspecified atom stereocenters. The van der Waals surface area contributed by atoms with Gasteiger partial charge in [0.1, 0.15) is 11.9 Å². The Kier molecular flexibility index (Phi) is 4.30. The second kappa shape index (κ2) is 6.38. The molecule has 0 spiro atoms. The van der Waals surface area contributed by atoms with E-state index >= 15 is 0 Å². The normalized spacial score (nSPS) is 17.7. The van der Waals surface area contributed by atoms with Crippen molar-refractivity contribution in [2.24, 2.45) is 0 Å². The highest BCUT2D eigenvalue weighted by Gasteiger charge is 2.34. The average Bonchev–Trinajstić information content (AvgIpc) is 2.55. The summed E-state index contributed by atoms with van der Waals surface area (Å²) in [5.41, 5.74) is 0.884. The number of rotatable bonds is 2. The van der Waals surface area contributed by atoms with Gasteiger partial charge in [0.05, 0.1) is 0 Å². The summed E-state index contributed by atoms with van der Waals surface area (Å²) in [7, 11) is 0. The van der Waals surface area contributed by atoms with Crippen molar-refractivity contribution in [2.45, 2.75) is 6.04 Å². The van der Waals surface area contributed by atoms with Crippen molar-refractivity contribution >= 4 is 23.4 Å². The maximum atomic E-state index is 13.4. The number of piperazine rings is 1. The van der Waals surface area contributed by atoms with Gasteiger partial charge in [-0.2, -0.15) is 0 Å². The first-order valence-corrected chi connectivity index (χ1v) is 7.54. The lowest BCUT2D eigenvalue weighted by molar-refractivity contribution is -0.128. The van der Waals surface area contributed by atoms with E-state index in [-0.39, 0.29) is 17.4 Å². The third-order valence-corrected chi connectivity index (χ3v) is 3.98. The Morgan fingerprint density at radius 3 is 2.65 bits per heavy atom. The number of carbonyl (C=O) groups is 2. The molecule has 0 radical (unpaired) electrons. The van der Waals surface area contributed by atoms with Gasteiger partial charge in [0.15, 0.2) is 0 Å². The minimum Gasteiger partial charge on any atom is -0.352 e. The van der Waals surface area contributed by atoms with Crippen molar-refractivity contribution in [1.82, 2.24) is 10.2 Å². The SMILES string of the molecule is O=C1NCCN(C(=O)c2cccc(F)c2)C1c1ccc(Cl)cc1. The quantitative estimate of drug-likeness (QED) is 0.919. The number of carbonyl (C=O) groups excluding carboxylic acids is 2. The van der Waals surface area contributed by atoms with Gasteiger partial charge in [-0.15, -0.1) is 0 Å². The lowest BCUT2D eigenvalue weighted by Crippen LogP contribution is -2.52. The third-order valence-electron chi connectivity index (χ3n) is 3.73. The Labute approximate surface area is 137 Å². The molecule has 1 aliphatic heterocycles. The predicted octanol–water partition coefficient (Wildman–Crippen LogP) is 2.79. The first-order valence-electron chi connectivity index (χ1n) is 7.16. The number of benzene rings is 2. The highest BCUT2D eigenvalue weighted by Crippen LogP contribution is 2.26. The van der Waals surface area contributed by atoms with Gasteiger partial charge >= 0.3 is 0 Å². The molecule has 0 aliphatic carbocycles. The molecule has 1 aliphatic rings. The first kappa shape index (κ1) is 15.5. The molecule has 2 amide bonds. The van der Waals surface area contributed by atoms with Gasteiger partial charge in [-0.1, -0.05) is 29.8 Å². The van der Waals surface area contributed by atoms with Crippen LogP contribution in [-0.2, 0) is 4.79 Å². The summed E-state index contributed by atoms with van der Waals surface area (Å²) in [5.74, 6) is -1.12. The maximum Gasteiger partial charge on any atom is 0.254 e. The smallest absolute Gasteiger partial charge is 0.254 e. The molecule has 2 aromatic carbocycles. The standard InChI is InChI=1S/C17H14ClFN2O2/c18-13-6-4-11(5-7-13)15-16(22)20-8-9-21(15)17(23)12-2-1-3-14(19)10-12/h1-7,10,15H,8-9H2,(H,20,22). The summed E-state index contributed by atoms with van der Waals surface area (Å²) < 4.78 is 13.4. The van der Waals surface area contributed by atoms with Gasteiger partial charge in [0.25, 0.3) is 5.91 Å². The van der Waals surface area contributed by atoms with Crippen LogP contribution >= 0.6 is 11.6 Å². The van der Waals surface area contributed by atoms with Gasteiger partial charge in [-0.25, -0.2) is 4.39 Å². The monoisotopic (exact) mass is 332 g/mol. The van der Waals surface area contributed by atoms with E-state index < -0.39 is 11.9 Å². The molecule has 0 aromatic heterocycles. The molecule has 0 saturated carbocycles. The van der Waals surface area contributed by atoms with E-state index in [0.717, 1.165) is 0 Å². The summed E-state index contributed by atoms with van der Waals surface area (Å²) in [4.78, 5) is 26.4. The Morgan fingerprint density at radius 2 is 1.96 bits per heavy atom. The number of hydrogen-bond donors (Lipinski definition) is 1. The van der Waals surface area contributed by atoms with Crippen LogP contribution in [-0.4, -0.2) is 29.8 Å². The summed E-state index contributed by atoms with van der Waals surface area (Å²) in [6, 6.07) is 11.5. The Balaban J connectivity index is 1.96. The molecule has 1 fully saturated rings. The molecule has 3 rings (SSSR count). The molecule has 0 bridgehead atoms. The zero-order valence-electron chi connectivity index (χ0n) is 12.1. The molecule has 6 heteroatoms. The predicted molar refractivity (Wildman–Crippen MR) is 84.6 cm³/mol. The lowest BCUT2D eigenvalue weighted by Gasteiger charge is -2.35. The van der Waals surface area contributed by atoms with Gasteiger partial charge in [-0.05, 0) is 35.9 Å². The van der Waals surface area contributed by atoms with E-state index in [1.54, 1.807) is 24.3 Å². The van der Waals surface area contributed by atoms with Crippen LogP contribution in [0.2, 0.25) is 5.02 Å². The summed E-state index contributed by atoms with van der Waals surface area (Å²) in [6.45, 7) is 0.721. The topological polar surface area (TPSA) is 49.4 Å². The van der Waals surface area contributed by atoms with Crippen molar-refractivity contribution in [1.29, 1.82) is 0 Å². The van der Waals surface area contributed by atoms with Gasteiger partial charge in [-0.3, -0.25) is 9.59 Å². The van der Waals surface area contributed by atoms with Crippen LogP contribution in [0.5, 0.6) is 0 Å². The average molecular weight is 333 g/mol. The molecular formula is C17H14ClFN2O2. The number of nitrogens with one attached hydrogen (secondary N) is 1. The van der Waals surface area contributed by atoms with Crippen molar-refractivity contribution in [3.8, 4) is 0 Å². The van der Waals surface area contributed by atoms with Crippen molar-refractivity contribution < 1.29 is 14.0 Å². The number of nitrogens with zero attached hydrogens (tertiary/aromatic N) is 1. The Morgan fingerprint density at radius 1 is 1.22 bits per heavy atom. The van der Waals surface area contributed by atoms with E-state index in [1.165, 1.54) is 29.2 Å². The van der Waals surface area contributed by atoms with E-state index in [0.29, 0.717) is 23.7 Å². The number of hydrogen-bond acceptors (Lipinski definition) is 2. The largest absolute Gasteiger partial charge is 0.352 e. The highest BCUT2D eigenvalue weighted by molar-refractivity contribution is 6.30. The van der Waals surface area contributed by atoms with Crippen LogP contribution in [0.4, 0.5) is 4.39 Å². The van der Waals surface area contributed by atoms with Crippen LogP contribution < -0.4 is 5.32 Å². The second-order valence-electron chi connectivity index (χ2n) is 5.25. The Bertz CT molecular complexity index is 749. The van der Waals surface area contributed by atoms with Gasteiger partial charge in [0.2, 0.25) is 5.91 Å². The maximum absolute atomic E-state index is 13.4. The lowest BCUT2D eigenvalue weighted by atomic mass is 10.0. The van der Waals surface area contributed by atoms with Crippen LogP contribution in [0.25, 0.3) is 0 Å². The zero-order valence-corrected chi connectivity index (χ0v) is 12.9. The van der Waals surface area contributed by atoms with Crippen LogP contribution in [0.15, 0.2) is 48.5 Å². The molecule has 1 N–H and O–H groups in total. The van der Waals surface area contributed by atoms with E-state index in [4.69, 9.17) is 11.6 Å². The van der Waals surface area contributed by atoms with E-state index in [9.17, 15) is 14.0 Å². The number of amides is 2. The molecule has 2 aromatic rings. The fraction of sp³-hybridized carbons (Fsp3) is 0.176. The third kappa shape index (κ3) is 3.19. The summed E-state index contributed by atoms with van der Waals surface area (Å²) >= 11 is 5.88. The van der Waals surface area contributed by atoms with Crippen LogP contribution in [0, 0.1) is 5.82 Å². The second-order valence-corrected chi connectivity index (χ2v) is 5.69. The zero-order chi connectivity index (χ0) is 16.4. The van der Waals surface area contributed by atoms with E-state index in [1.807, 2.05) is 0 Å². The Hall–Kier alpha value is -2.40. The first-order chi connectivity index (χ1) is 11.1. The minimum absolute atomic E-state index is 0.221. The summed E-state index contributed by atoms with van der Waals surface area (Å²) in [6.07, 6.45) is 0. The molecule has 4 nitrogen and oxygen atoms in total. The van der Waals surface area contributed by atoms with E-state index in [2.05, 4.69) is 5.32 Å². The van der Waals surface area contributed by atoms with Gasteiger partial charge in [0, 0.05) is 23.7 Å². The fourth-order valence-corrected chi connectivity index (χ4v) is 2.78. The molecule has 1 atom stereocenters. The van der Waals surface area contributed by atoms with Crippen molar-refractivity contribution in [3.05, 3.63) is 70.5 Å².